The number of hydrazone groups is 1. The summed E-state index contributed by atoms with van der Waals surface area (Å²) in [5, 5.41) is 7.04. The zero-order valence-electron chi connectivity index (χ0n) is 16.0. The molecule has 2 aliphatic rings. The van der Waals surface area contributed by atoms with Gasteiger partial charge in [0.05, 0.1) is 18.9 Å². The fraction of sp³-hybridized carbons (Fsp3) is 0.304. The van der Waals surface area contributed by atoms with E-state index in [1.807, 2.05) is 24.1 Å². The molecule has 138 valence electrons. The van der Waals surface area contributed by atoms with E-state index in [0.717, 1.165) is 30.0 Å². The molecule has 0 saturated carbocycles. The highest BCUT2D eigenvalue weighted by atomic mass is 16.5. The molecule has 0 aromatic heterocycles. The minimum atomic E-state index is 0.0384. The topological polar surface area (TPSA) is 41.9 Å². The zero-order valence-corrected chi connectivity index (χ0v) is 16.0. The first-order valence-electron chi connectivity index (χ1n) is 9.37. The fourth-order valence-electron chi connectivity index (χ4n) is 4.25. The summed E-state index contributed by atoms with van der Waals surface area (Å²) in [5.41, 5.74) is 5.68. The van der Waals surface area contributed by atoms with Crippen LogP contribution in [-0.4, -0.2) is 23.6 Å². The van der Waals surface area contributed by atoms with Crippen molar-refractivity contribution in [1.29, 1.82) is 0 Å². The number of benzene rings is 2. The van der Waals surface area contributed by atoms with E-state index in [4.69, 9.17) is 9.84 Å². The Morgan fingerprint density at radius 3 is 2.67 bits per heavy atom. The lowest BCUT2D eigenvalue weighted by atomic mass is 9.77. The first-order chi connectivity index (χ1) is 13.1. The Bertz CT molecular complexity index is 931. The molecule has 0 bridgehead atoms. The number of aryl methyl sites for hydroxylation is 1. The van der Waals surface area contributed by atoms with Crippen molar-refractivity contribution in [2.75, 3.05) is 7.11 Å². The smallest absolute Gasteiger partial charge is 0.154 e. The van der Waals surface area contributed by atoms with E-state index in [0.29, 0.717) is 5.92 Å². The van der Waals surface area contributed by atoms with Crippen LogP contribution in [0.5, 0.6) is 5.75 Å². The minimum absolute atomic E-state index is 0.0384. The molecule has 27 heavy (non-hydrogen) atoms. The van der Waals surface area contributed by atoms with Crippen molar-refractivity contribution in [3.63, 3.8) is 0 Å². The summed E-state index contributed by atoms with van der Waals surface area (Å²) in [6.07, 6.45) is 3.74. The lowest BCUT2D eigenvalue weighted by Crippen LogP contribution is -2.28. The maximum absolute atomic E-state index is 11.7. The molecule has 4 heteroatoms. The second-order valence-electron chi connectivity index (χ2n) is 7.25. The summed E-state index contributed by atoms with van der Waals surface area (Å²) in [5.74, 6) is 1.18. The molecule has 0 spiro atoms. The third-order valence-electron chi connectivity index (χ3n) is 5.44. The summed E-state index contributed by atoms with van der Waals surface area (Å²) < 4.78 is 5.44. The SMILES string of the molecule is COc1ccc2c(c1)C1=NN(/C(C)=C\C(C)=O)[C@@H](c3ccccc3)[C@@H]1CC2. The van der Waals surface area contributed by atoms with Gasteiger partial charge in [-0.1, -0.05) is 36.4 Å². The van der Waals surface area contributed by atoms with E-state index in [2.05, 4.69) is 36.4 Å². The van der Waals surface area contributed by atoms with Crippen LogP contribution >= 0.6 is 0 Å². The van der Waals surface area contributed by atoms with Crippen molar-refractivity contribution in [1.82, 2.24) is 5.01 Å². The Morgan fingerprint density at radius 2 is 1.96 bits per heavy atom. The normalized spacial score (nSPS) is 21.4. The number of hydrogen-bond acceptors (Lipinski definition) is 4. The first kappa shape index (κ1) is 17.5. The lowest BCUT2D eigenvalue weighted by Gasteiger charge is -2.31. The molecule has 2 aromatic rings. The standard InChI is InChI=1S/C23H24N2O2/c1-15(13-16(2)26)25-23(18-7-5-4-6-8-18)20-12-10-17-9-11-19(27-3)14-21(17)22(20)24-25/h4-9,11,13-14,20,23H,10,12H2,1-3H3/b15-13-/t20-,23+/m1/s1. The summed E-state index contributed by atoms with van der Waals surface area (Å²) in [6, 6.07) is 16.8. The fourth-order valence-corrected chi connectivity index (χ4v) is 4.25. The predicted molar refractivity (Wildman–Crippen MR) is 107 cm³/mol. The Kier molecular flexibility index (Phi) is 4.56. The molecule has 2 atom stereocenters. The van der Waals surface area contributed by atoms with Gasteiger partial charge < -0.3 is 4.74 Å². The number of nitrogens with zero attached hydrogens (tertiary/aromatic N) is 2. The van der Waals surface area contributed by atoms with E-state index < -0.39 is 0 Å². The van der Waals surface area contributed by atoms with Gasteiger partial charge in [-0.2, -0.15) is 5.10 Å². The van der Waals surface area contributed by atoms with Gasteiger partial charge in [0.15, 0.2) is 5.78 Å². The van der Waals surface area contributed by atoms with Crippen LogP contribution in [-0.2, 0) is 11.2 Å². The highest BCUT2D eigenvalue weighted by Gasteiger charge is 2.42. The van der Waals surface area contributed by atoms with Crippen molar-refractivity contribution >= 4 is 11.5 Å². The van der Waals surface area contributed by atoms with Crippen molar-refractivity contribution in [2.24, 2.45) is 11.0 Å². The molecule has 0 fully saturated rings. The molecule has 1 aliphatic carbocycles. The third-order valence-corrected chi connectivity index (χ3v) is 5.44. The van der Waals surface area contributed by atoms with Crippen LogP contribution in [0.2, 0.25) is 0 Å². The Balaban J connectivity index is 1.83. The summed E-state index contributed by atoms with van der Waals surface area (Å²) >= 11 is 0. The van der Waals surface area contributed by atoms with Crippen LogP contribution < -0.4 is 4.74 Å². The van der Waals surface area contributed by atoms with Crippen LogP contribution in [0.3, 0.4) is 0 Å². The minimum Gasteiger partial charge on any atom is -0.497 e. The molecular formula is C23H24N2O2. The molecule has 0 unspecified atom stereocenters. The highest BCUT2D eigenvalue weighted by Crippen LogP contribution is 2.45. The average Bonchev–Trinajstić information content (AvgIpc) is 3.08. The van der Waals surface area contributed by atoms with Gasteiger partial charge >= 0.3 is 0 Å². The Hall–Kier alpha value is -2.88. The molecule has 1 aliphatic heterocycles. The summed E-state index contributed by atoms with van der Waals surface area (Å²) in [6.45, 7) is 3.54. The van der Waals surface area contributed by atoms with Crippen molar-refractivity contribution in [3.05, 3.63) is 77.0 Å². The quantitative estimate of drug-likeness (QED) is 0.753. The molecule has 1 heterocycles. The van der Waals surface area contributed by atoms with E-state index in [1.54, 1.807) is 20.1 Å². The molecule has 0 amide bonds. The van der Waals surface area contributed by atoms with Crippen LogP contribution in [0.1, 0.15) is 43.0 Å². The number of carbonyl (C=O) groups is 1. The predicted octanol–water partition coefficient (Wildman–Crippen LogP) is 4.51. The molecular weight excluding hydrogens is 336 g/mol. The number of carbonyl (C=O) groups excluding carboxylic acids is 1. The van der Waals surface area contributed by atoms with Crippen LogP contribution in [0.15, 0.2) is 65.4 Å². The van der Waals surface area contributed by atoms with E-state index in [9.17, 15) is 4.79 Å². The molecule has 4 nitrogen and oxygen atoms in total. The molecule has 0 radical (unpaired) electrons. The summed E-state index contributed by atoms with van der Waals surface area (Å²) in [4.78, 5) is 11.7. The average molecular weight is 360 g/mol. The van der Waals surface area contributed by atoms with Crippen LogP contribution in [0.25, 0.3) is 0 Å². The molecule has 2 aromatic carbocycles. The van der Waals surface area contributed by atoms with Crippen molar-refractivity contribution in [2.45, 2.75) is 32.7 Å². The highest BCUT2D eigenvalue weighted by molar-refractivity contribution is 6.06. The van der Waals surface area contributed by atoms with Gasteiger partial charge in [-0.05, 0) is 49.9 Å². The number of ketones is 1. The number of fused-ring (bicyclic) bond motifs is 3. The van der Waals surface area contributed by atoms with Gasteiger partial charge in [-0.25, -0.2) is 0 Å². The maximum Gasteiger partial charge on any atom is 0.154 e. The Morgan fingerprint density at radius 1 is 1.19 bits per heavy atom. The number of rotatable bonds is 4. The largest absolute Gasteiger partial charge is 0.497 e. The van der Waals surface area contributed by atoms with Gasteiger partial charge in [-0.3, -0.25) is 9.80 Å². The van der Waals surface area contributed by atoms with Crippen molar-refractivity contribution in [3.8, 4) is 5.75 Å². The Labute approximate surface area is 160 Å². The first-order valence-corrected chi connectivity index (χ1v) is 9.37. The monoisotopic (exact) mass is 360 g/mol. The van der Waals surface area contributed by atoms with E-state index >= 15 is 0 Å². The molecule has 4 rings (SSSR count). The van der Waals surface area contributed by atoms with Crippen LogP contribution in [0, 0.1) is 5.92 Å². The number of hydrogen-bond donors (Lipinski definition) is 0. The second kappa shape index (κ2) is 7.03. The number of allylic oxidation sites excluding steroid dienone is 2. The zero-order chi connectivity index (χ0) is 19.0. The third kappa shape index (κ3) is 3.16. The number of ether oxygens (including phenoxy) is 1. The van der Waals surface area contributed by atoms with E-state index in [-0.39, 0.29) is 11.8 Å². The van der Waals surface area contributed by atoms with Gasteiger partial charge in [0.25, 0.3) is 0 Å². The van der Waals surface area contributed by atoms with Crippen molar-refractivity contribution < 1.29 is 9.53 Å². The van der Waals surface area contributed by atoms with Gasteiger partial charge in [-0.15, -0.1) is 0 Å². The molecule has 0 saturated heterocycles. The van der Waals surface area contributed by atoms with Gasteiger partial charge in [0.1, 0.15) is 5.75 Å². The lowest BCUT2D eigenvalue weighted by molar-refractivity contribution is -0.112. The van der Waals surface area contributed by atoms with Gasteiger partial charge in [0, 0.05) is 23.3 Å². The second-order valence-corrected chi connectivity index (χ2v) is 7.25. The van der Waals surface area contributed by atoms with Crippen LogP contribution in [0.4, 0.5) is 0 Å². The van der Waals surface area contributed by atoms with E-state index in [1.165, 1.54) is 16.7 Å². The maximum atomic E-state index is 11.7. The summed E-state index contributed by atoms with van der Waals surface area (Å²) in [7, 11) is 1.69. The molecule has 0 N–H and O–H groups in total. The number of methoxy groups -OCH3 is 1. The van der Waals surface area contributed by atoms with Gasteiger partial charge in [0.2, 0.25) is 0 Å².